The number of hydrogen-bond donors (Lipinski definition) is 2. The number of hydrogen-bond acceptors (Lipinski definition) is 8. The van der Waals surface area contributed by atoms with Crippen LogP contribution in [0.5, 0.6) is 11.5 Å². The second-order valence-electron chi connectivity index (χ2n) is 14.5. The van der Waals surface area contributed by atoms with Crippen LogP contribution in [-0.2, 0) is 0 Å². The molecular weight excluding hydrogens is 673 g/mol. The molecule has 2 fully saturated rings. The Kier molecular flexibility index (Phi) is 13.4. The third kappa shape index (κ3) is 10.4. The maximum atomic E-state index is 10.8. The highest BCUT2D eigenvalue weighted by atomic mass is 16.5. The van der Waals surface area contributed by atoms with Crippen molar-refractivity contribution in [3.05, 3.63) is 168 Å². The van der Waals surface area contributed by atoms with Crippen molar-refractivity contribution in [3.63, 3.8) is 0 Å². The van der Waals surface area contributed by atoms with E-state index in [2.05, 4.69) is 141 Å². The molecule has 2 saturated heterocycles. The topological polar surface area (TPSA) is 71.9 Å². The van der Waals surface area contributed by atoms with Crippen molar-refractivity contribution in [2.24, 2.45) is 0 Å². The highest BCUT2D eigenvalue weighted by Crippen LogP contribution is 2.31. The maximum Gasteiger partial charge on any atom is 0.119 e. The van der Waals surface area contributed by atoms with E-state index in [0.29, 0.717) is 24.6 Å². The Morgan fingerprint density at radius 3 is 0.944 bits per heavy atom. The number of benzene rings is 5. The summed E-state index contributed by atoms with van der Waals surface area (Å²) >= 11 is 0. The van der Waals surface area contributed by atoms with Crippen molar-refractivity contribution >= 4 is 0 Å². The van der Waals surface area contributed by atoms with E-state index in [0.717, 1.165) is 52.4 Å². The largest absolute Gasteiger partial charge is 0.491 e. The number of piperazine rings is 2. The quantitative estimate of drug-likeness (QED) is 0.129. The van der Waals surface area contributed by atoms with E-state index in [1.54, 1.807) is 0 Å². The summed E-state index contributed by atoms with van der Waals surface area (Å²) in [6.07, 6.45) is -1.18. The molecule has 0 unspecified atom stereocenters. The van der Waals surface area contributed by atoms with Gasteiger partial charge >= 0.3 is 0 Å². The lowest BCUT2D eigenvalue weighted by Gasteiger charge is -2.40. The molecule has 8 nitrogen and oxygen atoms in total. The fourth-order valence-electron chi connectivity index (χ4n) is 7.90. The second-order valence-corrected chi connectivity index (χ2v) is 14.5. The Balaban J connectivity index is 0.805. The van der Waals surface area contributed by atoms with Gasteiger partial charge in [-0.25, -0.2) is 0 Å². The lowest BCUT2D eigenvalue weighted by Crippen LogP contribution is -2.50. The molecule has 5 aromatic carbocycles. The Hall–Kier alpha value is -4.54. The predicted octanol–water partition coefficient (Wildman–Crippen LogP) is 5.98. The van der Waals surface area contributed by atoms with Crippen LogP contribution in [0.4, 0.5) is 0 Å². The van der Waals surface area contributed by atoms with Crippen LogP contribution in [0.1, 0.15) is 34.3 Å². The van der Waals surface area contributed by atoms with Crippen molar-refractivity contribution < 1.29 is 19.7 Å². The zero-order valence-corrected chi connectivity index (χ0v) is 31.2. The number of rotatable bonds is 16. The molecule has 7 rings (SSSR count). The second kappa shape index (κ2) is 19.2. The summed E-state index contributed by atoms with van der Waals surface area (Å²) in [5.74, 6) is 1.37. The molecule has 5 aromatic rings. The van der Waals surface area contributed by atoms with Crippen molar-refractivity contribution in [1.82, 2.24) is 19.6 Å². The van der Waals surface area contributed by atoms with Gasteiger partial charge in [0.2, 0.25) is 0 Å². The Morgan fingerprint density at radius 1 is 0.389 bits per heavy atom. The molecule has 2 atom stereocenters. The molecule has 2 N–H and O–H groups in total. The Morgan fingerprint density at radius 2 is 0.667 bits per heavy atom. The summed E-state index contributed by atoms with van der Waals surface area (Å²) in [6, 6.07) is 50.8. The lowest BCUT2D eigenvalue weighted by atomic mass is 9.96. The molecule has 0 bridgehead atoms. The van der Waals surface area contributed by atoms with Crippen LogP contribution in [0.25, 0.3) is 0 Å². The first-order valence-corrected chi connectivity index (χ1v) is 19.4. The van der Waals surface area contributed by atoms with Gasteiger partial charge in [-0.2, -0.15) is 0 Å². The predicted molar refractivity (Wildman–Crippen MR) is 215 cm³/mol. The molecule has 282 valence electrons. The van der Waals surface area contributed by atoms with E-state index < -0.39 is 12.2 Å². The average molecular weight is 727 g/mol. The molecule has 0 amide bonds. The van der Waals surface area contributed by atoms with Crippen LogP contribution in [0.2, 0.25) is 0 Å². The van der Waals surface area contributed by atoms with Gasteiger partial charge < -0.3 is 19.7 Å². The SMILES string of the molecule is O[C@H](COc1ccc(OC[C@@H](O)CN2CCN(C(c3ccccc3)c3ccccc3)CC2)cc1)CN1CCN(C(c2ccccc2)c2ccccc2)CC1. The minimum atomic E-state index is -0.592. The van der Waals surface area contributed by atoms with Crippen LogP contribution in [-0.4, -0.2) is 121 Å². The molecule has 8 heteroatoms. The van der Waals surface area contributed by atoms with Crippen LogP contribution < -0.4 is 9.47 Å². The standard InChI is InChI=1S/C46H54N4O4/c51-41(33-47-25-29-49(30-26-47)45(37-13-5-1-6-14-37)38-15-7-2-8-16-38)35-53-43-21-23-44(24-22-43)54-36-42(52)34-48-27-31-50(32-28-48)46(39-17-9-3-10-18-39)40-19-11-4-12-20-40/h1-24,41-42,45-46,51-52H,25-36H2/t41-,42-/m0/s1. The first-order valence-electron chi connectivity index (χ1n) is 19.4. The molecule has 0 saturated carbocycles. The molecule has 0 radical (unpaired) electrons. The van der Waals surface area contributed by atoms with Crippen molar-refractivity contribution in [2.45, 2.75) is 24.3 Å². The summed E-state index contributed by atoms with van der Waals surface area (Å²) < 4.78 is 11.9. The van der Waals surface area contributed by atoms with Gasteiger partial charge in [-0.3, -0.25) is 19.6 Å². The van der Waals surface area contributed by atoms with Gasteiger partial charge in [-0.15, -0.1) is 0 Å². The van der Waals surface area contributed by atoms with Crippen molar-refractivity contribution in [3.8, 4) is 11.5 Å². The Bertz CT molecular complexity index is 1570. The van der Waals surface area contributed by atoms with Crippen LogP contribution in [0.3, 0.4) is 0 Å². The number of aliphatic hydroxyl groups excluding tert-OH is 2. The molecule has 54 heavy (non-hydrogen) atoms. The minimum absolute atomic E-state index is 0.221. The van der Waals surface area contributed by atoms with Crippen molar-refractivity contribution in [2.75, 3.05) is 78.7 Å². The molecule has 0 aromatic heterocycles. The third-order valence-electron chi connectivity index (χ3n) is 10.7. The lowest BCUT2D eigenvalue weighted by molar-refractivity contribution is 0.0393. The molecule has 2 aliphatic rings. The number of ether oxygens (including phenoxy) is 2. The van der Waals surface area contributed by atoms with Gasteiger partial charge in [-0.05, 0) is 46.5 Å². The molecule has 0 spiro atoms. The average Bonchev–Trinajstić information content (AvgIpc) is 3.23. The first kappa shape index (κ1) is 37.8. The minimum Gasteiger partial charge on any atom is -0.491 e. The van der Waals surface area contributed by atoms with Crippen LogP contribution in [0.15, 0.2) is 146 Å². The monoisotopic (exact) mass is 726 g/mol. The molecular formula is C46H54N4O4. The summed E-state index contributed by atoms with van der Waals surface area (Å²) in [7, 11) is 0. The Labute approximate surface area is 320 Å². The van der Waals surface area contributed by atoms with Gasteiger partial charge in [0.15, 0.2) is 0 Å². The number of β-amino-alcohol motifs (C(OH)–C–C–N with tert-alkyl or cyclic N) is 2. The van der Waals surface area contributed by atoms with E-state index in [-0.39, 0.29) is 25.3 Å². The summed E-state index contributed by atoms with van der Waals surface area (Å²) in [5.41, 5.74) is 5.22. The van der Waals surface area contributed by atoms with Crippen LogP contribution >= 0.6 is 0 Å². The zero-order chi connectivity index (χ0) is 37.0. The van der Waals surface area contributed by atoms with E-state index >= 15 is 0 Å². The summed E-state index contributed by atoms with van der Waals surface area (Å²) in [5, 5.41) is 21.7. The highest BCUT2D eigenvalue weighted by Gasteiger charge is 2.28. The fourth-order valence-corrected chi connectivity index (χ4v) is 7.90. The molecule has 0 aliphatic carbocycles. The van der Waals surface area contributed by atoms with Gasteiger partial charge in [0.05, 0.1) is 12.1 Å². The van der Waals surface area contributed by atoms with Crippen molar-refractivity contribution in [1.29, 1.82) is 0 Å². The van der Waals surface area contributed by atoms with Gasteiger partial charge in [0.25, 0.3) is 0 Å². The molecule has 2 heterocycles. The van der Waals surface area contributed by atoms with Gasteiger partial charge in [-0.1, -0.05) is 121 Å². The van der Waals surface area contributed by atoms with E-state index in [4.69, 9.17) is 9.47 Å². The third-order valence-corrected chi connectivity index (χ3v) is 10.7. The summed E-state index contributed by atoms with van der Waals surface area (Å²) in [6.45, 7) is 8.88. The first-order chi connectivity index (χ1) is 26.6. The fraction of sp³-hybridized carbons (Fsp3) is 0.348. The van der Waals surface area contributed by atoms with Crippen LogP contribution in [0, 0.1) is 0 Å². The van der Waals surface area contributed by atoms with Gasteiger partial charge in [0.1, 0.15) is 36.9 Å². The normalized spacial score (nSPS) is 17.4. The maximum absolute atomic E-state index is 10.8. The number of aliphatic hydroxyl groups is 2. The van der Waals surface area contributed by atoms with E-state index in [1.165, 1.54) is 22.3 Å². The van der Waals surface area contributed by atoms with Gasteiger partial charge in [0, 0.05) is 65.4 Å². The zero-order valence-electron chi connectivity index (χ0n) is 31.2. The molecule has 2 aliphatic heterocycles. The summed E-state index contributed by atoms with van der Waals surface area (Å²) in [4.78, 5) is 9.74. The number of nitrogens with zero attached hydrogens (tertiary/aromatic N) is 4. The van der Waals surface area contributed by atoms with E-state index in [1.807, 2.05) is 24.3 Å². The smallest absolute Gasteiger partial charge is 0.119 e. The van der Waals surface area contributed by atoms with E-state index in [9.17, 15) is 10.2 Å². The highest BCUT2D eigenvalue weighted by molar-refractivity contribution is 5.34.